The lowest BCUT2D eigenvalue weighted by atomic mass is 10.2. The molecular weight excluding hydrogens is 386 g/mol. The lowest BCUT2D eigenvalue weighted by Crippen LogP contribution is -2.14. The number of rotatable bonds is 7. The number of aryl methyl sites for hydroxylation is 3. The van der Waals surface area contributed by atoms with Crippen LogP contribution in [0.2, 0.25) is 0 Å². The Morgan fingerprint density at radius 3 is 2.24 bits per heavy atom. The number of hydrogen-bond donors (Lipinski definition) is 3. The van der Waals surface area contributed by atoms with E-state index in [2.05, 4.69) is 25.3 Å². The minimum Gasteiger partial charge on any atom is -0.370 e. The molecule has 1 heterocycles. The van der Waals surface area contributed by atoms with Gasteiger partial charge in [-0.15, -0.1) is 0 Å². The maximum Gasteiger partial charge on any atom is 0.262 e. The second-order valence-corrected chi connectivity index (χ2v) is 8.48. The predicted octanol–water partition coefficient (Wildman–Crippen LogP) is 4.38. The molecule has 0 fully saturated rings. The number of sulfonamides is 1. The molecule has 0 atom stereocenters. The summed E-state index contributed by atoms with van der Waals surface area (Å²) in [6.45, 7) is 8.39. The van der Waals surface area contributed by atoms with Gasteiger partial charge in [-0.25, -0.2) is 13.4 Å². The van der Waals surface area contributed by atoms with Gasteiger partial charge in [-0.05, 0) is 63.6 Å². The topological polar surface area (TPSA) is 96.0 Å². The lowest BCUT2D eigenvalue weighted by molar-refractivity contribution is 0.600. The van der Waals surface area contributed by atoms with Gasteiger partial charge in [0.05, 0.1) is 4.90 Å². The highest BCUT2D eigenvalue weighted by molar-refractivity contribution is 7.92. The van der Waals surface area contributed by atoms with E-state index in [-0.39, 0.29) is 4.90 Å². The first-order valence-corrected chi connectivity index (χ1v) is 10.8. The van der Waals surface area contributed by atoms with Gasteiger partial charge in [-0.3, -0.25) is 4.72 Å². The van der Waals surface area contributed by atoms with Crippen LogP contribution in [0, 0.1) is 20.8 Å². The third-order valence-corrected chi connectivity index (χ3v) is 5.77. The lowest BCUT2D eigenvalue weighted by Gasteiger charge is -2.12. The standard InChI is InChI=1S/C21H25N5O2S/c1-5-22-20-13-16(4)23-21(25-20)24-17-7-9-18(10-8-17)26-29(27,28)19-11-6-14(2)12-15(19)3/h6-13,26H,5H2,1-4H3,(H2,22,23,24,25). The Hall–Kier alpha value is -3.13. The van der Waals surface area contributed by atoms with Crippen LogP contribution in [0.1, 0.15) is 23.7 Å². The van der Waals surface area contributed by atoms with E-state index in [1.165, 1.54) is 0 Å². The molecule has 29 heavy (non-hydrogen) atoms. The summed E-state index contributed by atoms with van der Waals surface area (Å²) in [7, 11) is -3.65. The Labute approximate surface area is 171 Å². The number of benzene rings is 2. The van der Waals surface area contributed by atoms with E-state index in [4.69, 9.17) is 0 Å². The van der Waals surface area contributed by atoms with Crippen LogP contribution in [0.4, 0.5) is 23.1 Å². The van der Waals surface area contributed by atoms with Crippen LogP contribution in [0.25, 0.3) is 0 Å². The van der Waals surface area contributed by atoms with E-state index in [1.54, 1.807) is 43.3 Å². The number of hydrogen-bond acceptors (Lipinski definition) is 6. The first-order chi connectivity index (χ1) is 13.8. The summed E-state index contributed by atoms with van der Waals surface area (Å²) in [5.41, 5.74) is 3.81. The molecule has 0 spiro atoms. The molecule has 0 saturated carbocycles. The van der Waals surface area contributed by atoms with E-state index in [0.717, 1.165) is 29.3 Å². The Morgan fingerprint density at radius 1 is 0.897 bits per heavy atom. The monoisotopic (exact) mass is 411 g/mol. The molecule has 0 aliphatic carbocycles. The van der Waals surface area contributed by atoms with Gasteiger partial charge in [0.2, 0.25) is 5.95 Å². The molecule has 0 amide bonds. The molecule has 0 radical (unpaired) electrons. The molecule has 0 aliphatic heterocycles. The maximum atomic E-state index is 12.7. The third kappa shape index (κ3) is 5.23. The Bertz CT molecular complexity index is 1110. The zero-order valence-electron chi connectivity index (χ0n) is 16.9. The summed E-state index contributed by atoms with van der Waals surface area (Å²) in [5, 5.41) is 6.31. The van der Waals surface area contributed by atoms with Crippen LogP contribution in [-0.4, -0.2) is 24.9 Å². The predicted molar refractivity (Wildman–Crippen MR) is 117 cm³/mol. The minimum atomic E-state index is -3.65. The second kappa shape index (κ2) is 8.48. The number of aromatic nitrogens is 2. The van der Waals surface area contributed by atoms with E-state index >= 15 is 0 Å². The molecule has 1 aromatic heterocycles. The normalized spacial score (nSPS) is 11.2. The highest BCUT2D eigenvalue weighted by Gasteiger charge is 2.16. The highest BCUT2D eigenvalue weighted by Crippen LogP contribution is 2.23. The van der Waals surface area contributed by atoms with E-state index in [0.29, 0.717) is 17.2 Å². The van der Waals surface area contributed by atoms with Gasteiger partial charge in [0.25, 0.3) is 10.0 Å². The van der Waals surface area contributed by atoms with Gasteiger partial charge in [0.15, 0.2) is 0 Å². The first kappa shape index (κ1) is 20.6. The fourth-order valence-electron chi connectivity index (χ4n) is 2.96. The molecule has 7 nitrogen and oxygen atoms in total. The van der Waals surface area contributed by atoms with Gasteiger partial charge < -0.3 is 10.6 Å². The summed E-state index contributed by atoms with van der Waals surface area (Å²) >= 11 is 0. The van der Waals surface area contributed by atoms with Crippen LogP contribution in [0.3, 0.4) is 0 Å². The third-order valence-electron chi connectivity index (χ3n) is 4.23. The summed E-state index contributed by atoms with van der Waals surface area (Å²) in [4.78, 5) is 9.06. The van der Waals surface area contributed by atoms with Crippen LogP contribution >= 0.6 is 0 Å². The van der Waals surface area contributed by atoms with Crippen molar-refractivity contribution in [3.05, 3.63) is 65.4 Å². The largest absolute Gasteiger partial charge is 0.370 e. The fourth-order valence-corrected chi connectivity index (χ4v) is 4.24. The first-order valence-electron chi connectivity index (χ1n) is 9.33. The summed E-state index contributed by atoms with van der Waals surface area (Å²) in [6, 6.07) is 14.1. The van der Waals surface area contributed by atoms with Gasteiger partial charge in [-0.2, -0.15) is 4.98 Å². The zero-order chi connectivity index (χ0) is 21.0. The van der Waals surface area contributed by atoms with Crippen LogP contribution in [-0.2, 0) is 10.0 Å². The van der Waals surface area contributed by atoms with Crippen LogP contribution in [0.5, 0.6) is 0 Å². The van der Waals surface area contributed by atoms with Crippen molar-refractivity contribution < 1.29 is 8.42 Å². The minimum absolute atomic E-state index is 0.273. The maximum absolute atomic E-state index is 12.7. The van der Waals surface area contributed by atoms with Crippen LogP contribution in [0.15, 0.2) is 53.4 Å². The molecule has 3 rings (SSSR count). The van der Waals surface area contributed by atoms with Crippen molar-refractivity contribution in [3.63, 3.8) is 0 Å². The SMILES string of the molecule is CCNc1cc(C)nc(Nc2ccc(NS(=O)(=O)c3ccc(C)cc3C)cc2)n1. The molecule has 3 aromatic rings. The molecule has 0 unspecified atom stereocenters. The van der Waals surface area contributed by atoms with Crippen molar-refractivity contribution in [1.82, 2.24) is 9.97 Å². The molecule has 8 heteroatoms. The van der Waals surface area contributed by atoms with Crippen molar-refractivity contribution in [2.24, 2.45) is 0 Å². The van der Waals surface area contributed by atoms with Gasteiger partial charge >= 0.3 is 0 Å². The average Bonchev–Trinajstić information content (AvgIpc) is 2.62. The zero-order valence-corrected chi connectivity index (χ0v) is 17.8. The molecule has 0 saturated heterocycles. The second-order valence-electron chi connectivity index (χ2n) is 6.83. The van der Waals surface area contributed by atoms with Crippen molar-refractivity contribution in [2.45, 2.75) is 32.6 Å². The van der Waals surface area contributed by atoms with Gasteiger partial charge in [0, 0.05) is 29.7 Å². The van der Waals surface area contributed by atoms with Gasteiger partial charge in [-0.1, -0.05) is 17.7 Å². The Kier molecular flexibility index (Phi) is 6.03. The Morgan fingerprint density at radius 2 is 1.59 bits per heavy atom. The van der Waals surface area contributed by atoms with Gasteiger partial charge in [0.1, 0.15) is 5.82 Å². The van der Waals surface area contributed by atoms with Crippen molar-refractivity contribution in [2.75, 3.05) is 21.9 Å². The average molecular weight is 412 g/mol. The number of nitrogens with zero attached hydrogens (tertiary/aromatic N) is 2. The summed E-state index contributed by atoms with van der Waals surface area (Å²) in [6.07, 6.45) is 0. The summed E-state index contributed by atoms with van der Waals surface area (Å²) in [5.74, 6) is 1.23. The molecule has 0 aliphatic rings. The quantitative estimate of drug-likeness (QED) is 0.534. The molecule has 3 N–H and O–H groups in total. The molecular formula is C21H25N5O2S. The molecule has 152 valence electrons. The molecule has 0 bridgehead atoms. The van der Waals surface area contributed by atoms with Crippen LogP contribution < -0.4 is 15.4 Å². The summed E-state index contributed by atoms with van der Waals surface area (Å²) < 4.78 is 28.0. The van der Waals surface area contributed by atoms with E-state index < -0.39 is 10.0 Å². The molecule has 2 aromatic carbocycles. The fraction of sp³-hybridized carbons (Fsp3) is 0.238. The van der Waals surface area contributed by atoms with E-state index in [1.807, 2.05) is 32.9 Å². The number of anilines is 4. The van der Waals surface area contributed by atoms with Crippen molar-refractivity contribution in [3.8, 4) is 0 Å². The van der Waals surface area contributed by atoms with Crippen molar-refractivity contribution in [1.29, 1.82) is 0 Å². The smallest absolute Gasteiger partial charge is 0.262 e. The highest BCUT2D eigenvalue weighted by atomic mass is 32.2. The van der Waals surface area contributed by atoms with Crippen molar-refractivity contribution >= 4 is 33.2 Å². The van der Waals surface area contributed by atoms with E-state index in [9.17, 15) is 8.42 Å². The Balaban J connectivity index is 1.75. The number of nitrogens with one attached hydrogen (secondary N) is 3.